The van der Waals surface area contributed by atoms with E-state index in [4.69, 9.17) is 0 Å². The van der Waals surface area contributed by atoms with Crippen LogP contribution in [0.25, 0.3) is 10.9 Å². The van der Waals surface area contributed by atoms with Gasteiger partial charge in [-0.2, -0.15) is 0 Å². The molecule has 1 atom stereocenters. The van der Waals surface area contributed by atoms with Gasteiger partial charge < -0.3 is 19.7 Å². The Balaban J connectivity index is 1.39. The summed E-state index contributed by atoms with van der Waals surface area (Å²) < 4.78 is 1.96. The van der Waals surface area contributed by atoms with E-state index in [1.807, 2.05) is 64.2 Å². The largest absolute Gasteiger partial charge is 0.480 e. The lowest BCUT2D eigenvalue weighted by Crippen LogP contribution is -2.49. The highest BCUT2D eigenvalue weighted by molar-refractivity contribution is 5.96. The fraction of sp³-hybridized carbons (Fsp3) is 0.276. The summed E-state index contributed by atoms with van der Waals surface area (Å²) in [4.78, 5) is 33.0. The summed E-state index contributed by atoms with van der Waals surface area (Å²) in [5.74, 6) is -1.91. The molecule has 0 spiro atoms. The molecule has 4 aromatic rings. The number of hydrogen-bond acceptors (Lipinski definition) is 5. The SMILES string of the molecule is O=C(O)c1ccc2c(C(C(=O)O)N3CCN(CCc4ccccn4)CC3)cn(Cc3ccccc3)c2c1. The summed E-state index contributed by atoms with van der Waals surface area (Å²) in [5.41, 5.74) is 3.71. The number of fused-ring (bicyclic) bond motifs is 1. The summed E-state index contributed by atoms with van der Waals surface area (Å²) >= 11 is 0. The fourth-order valence-electron chi connectivity index (χ4n) is 5.13. The van der Waals surface area contributed by atoms with Crippen LogP contribution in [0.15, 0.2) is 79.1 Å². The number of hydrogen-bond donors (Lipinski definition) is 2. The van der Waals surface area contributed by atoms with Gasteiger partial charge in [0, 0.05) is 80.2 Å². The molecule has 1 unspecified atom stereocenters. The van der Waals surface area contributed by atoms with Crippen molar-refractivity contribution in [1.82, 2.24) is 19.4 Å². The van der Waals surface area contributed by atoms with Gasteiger partial charge in [-0.1, -0.05) is 42.5 Å². The van der Waals surface area contributed by atoms with Crippen LogP contribution >= 0.6 is 0 Å². The Morgan fingerprint density at radius 2 is 1.68 bits per heavy atom. The summed E-state index contributed by atoms with van der Waals surface area (Å²) in [6, 6.07) is 19.9. The minimum absolute atomic E-state index is 0.180. The Labute approximate surface area is 215 Å². The normalized spacial score (nSPS) is 15.6. The first-order chi connectivity index (χ1) is 18.0. The number of pyridine rings is 1. The molecule has 5 rings (SSSR count). The van der Waals surface area contributed by atoms with Crippen LogP contribution in [0.4, 0.5) is 0 Å². The standard InChI is InChI=1S/C29H30N4O4/c34-28(35)22-9-10-24-25(20-33(26(24)18-22)19-21-6-2-1-3-7-21)27(29(36)37)32-16-14-31(15-17-32)13-11-23-8-4-5-12-30-23/h1-10,12,18,20,27H,11,13-17,19H2,(H,34,35)(H,36,37). The van der Waals surface area contributed by atoms with E-state index in [-0.39, 0.29) is 5.56 Å². The van der Waals surface area contributed by atoms with Gasteiger partial charge in [0.05, 0.1) is 5.56 Å². The highest BCUT2D eigenvalue weighted by Gasteiger charge is 2.33. The molecule has 2 aromatic heterocycles. The minimum atomic E-state index is -1.01. The molecule has 0 saturated carbocycles. The number of aliphatic carboxylic acids is 1. The summed E-state index contributed by atoms with van der Waals surface area (Å²) in [7, 11) is 0. The molecule has 2 aromatic carbocycles. The first-order valence-electron chi connectivity index (χ1n) is 12.5. The number of nitrogens with zero attached hydrogens (tertiary/aromatic N) is 4. The van der Waals surface area contributed by atoms with Crippen molar-refractivity contribution in [2.24, 2.45) is 0 Å². The van der Waals surface area contributed by atoms with Gasteiger partial charge in [0.1, 0.15) is 6.04 Å². The predicted molar refractivity (Wildman–Crippen MR) is 141 cm³/mol. The molecular weight excluding hydrogens is 468 g/mol. The van der Waals surface area contributed by atoms with E-state index in [1.54, 1.807) is 24.4 Å². The third-order valence-corrected chi connectivity index (χ3v) is 7.07. The van der Waals surface area contributed by atoms with Crippen LogP contribution in [0.2, 0.25) is 0 Å². The van der Waals surface area contributed by atoms with Gasteiger partial charge in [-0.15, -0.1) is 0 Å². The van der Waals surface area contributed by atoms with Gasteiger partial charge in [-0.25, -0.2) is 4.79 Å². The molecule has 2 N–H and O–H groups in total. The maximum atomic E-state index is 12.6. The topological polar surface area (TPSA) is 98.9 Å². The Kier molecular flexibility index (Phi) is 7.30. The second kappa shape index (κ2) is 10.9. The number of rotatable bonds is 9. The van der Waals surface area contributed by atoms with E-state index in [2.05, 4.69) is 9.88 Å². The average molecular weight is 499 g/mol. The van der Waals surface area contributed by atoms with Gasteiger partial charge in [-0.3, -0.25) is 14.7 Å². The van der Waals surface area contributed by atoms with Crippen molar-refractivity contribution in [1.29, 1.82) is 0 Å². The minimum Gasteiger partial charge on any atom is -0.480 e. The molecule has 8 heteroatoms. The van der Waals surface area contributed by atoms with Crippen LogP contribution < -0.4 is 0 Å². The molecule has 1 fully saturated rings. The predicted octanol–water partition coefficient (Wildman–Crippen LogP) is 3.77. The number of aromatic carboxylic acids is 1. The molecule has 0 amide bonds. The van der Waals surface area contributed by atoms with E-state index >= 15 is 0 Å². The number of carboxylic acids is 2. The first-order valence-corrected chi connectivity index (χ1v) is 12.5. The number of carbonyl (C=O) groups is 2. The summed E-state index contributed by atoms with van der Waals surface area (Å²) in [6.07, 6.45) is 4.55. The van der Waals surface area contributed by atoms with Gasteiger partial charge in [0.15, 0.2) is 0 Å². The van der Waals surface area contributed by atoms with Gasteiger partial charge in [0.25, 0.3) is 0 Å². The monoisotopic (exact) mass is 498 g/mol. The smallest absolute Gasteiger partial charge is 0.335 e. The van der Waals surface area contributed by atoms with Crippen molar-refractivity contribution in [3.63, 3.8) is 0 Å². The highest BCUT2D eigenvalue weighted by Crippen LogP contribution is 2.32. The Bertz CT molecular complexity index is 1380. The van der Waals surface area contributed by atoms with Gasteiger partial charge in [0.2, 0.25) is 0 Å². The molecule has 1 saturated heterocycles. The van der Waals surface area contributed by atoms with Gasteiger partial charge >= 0.3 is 11.9 Å². The Morgan fingerprint density at radius 3 is 2.35 bits per heavy atom. The zero-order valence-corrected chi connectivity index (χ0v) is 20.5. The van der Waals surface area contributed by atoms with Crippen LogP contribution in [-0.2, 0) is 17.8 Å². The molecule has 0 radical (unpaired) electrons. The molecule has 0 bridgehead atoms. The summed E-state index contributed by atoms with van der Waals surface area (Å²) in [5, 5.41) is 20.7. The molecule has 190 valence electrons. The van der Waals surface area contributed by atoms with Crippen LogP contribution in [0.3, 0.4) is 0 Å². The van der Waals surface area contributed by atoms with Crippen LogP contribution in [-0.4, -0.2) is 74.2 Å². The summed E-state index contributed by atoms with van der Waals surface area (Å²) in [6.45, 7) is 4.24. The Hall–Kier alpha value is -4.01. The van der Waals surface area contributed by atoms with Crippen molar-refractivity contribution in [3.05, 3.63) is 102 Å². The zero-order valence-electron chi connectivity index (χ0n) is 20.5. The maximum Gasteiger partial charge on any atom is 0.335 e. The molecular formula is C29H30N4O4. The molecule has 37 heavy (non-hydrogen) atoms. The quantitative estimate of drug-likeness (QED) is 0.362. The lowest BCUT2D eigenvalue weighted by atomic mass is 10.0. The van der Waals surface area contributed by atoms with E-state index < -0.39 is 18.0 Å². The van der Waals surface area contributed by atoms with Gasteiger partial charge in [-0.05, 0) is 29.8 Å². The third kappa shape index (κ3) is 5.55. The second-order valence-electron chi connectivity index (χ2n) is 9.42. The third-order valence-electron chi connectivity index (χ3n) is 7.07. The fourth-order valence-corrected chi connectivity index (χ4v) is 5.13. The molecule has 3 heterocycles. The zero-order chi connectivity index (χ0) is 25.8. The Morgan fingerprint density at radius 1 is 0.919 bits per heavy atom. The molecule has 8 nitrogen and oxygen atoms in total. The lowest BCUT2D eigenvalue weighted by molar-refractivity contribution is -0.144. The van der Waals surface area contributed by atoms with E-state index in [1.165, 1.54) is 0 Å². The number of benzene rings is 2. The van der Waals surface area contributed by atoms with Crippen molar-refractivity contribution >= 4 is 22.8 Å². The number of piperazine rings is 1. The molecule has 0 aliphatic carbocycles. The highest BCUT2D eigenvalue weighted by atomic mass is 16.4. The maximum absolute atomic E-state index is 12.6. The number of carboxylic acid groups (broad SMARTS) is 2. The van der Waals surface area contributed by atoms with Crippen LogP contribution in [0.1, 0.15) is 33.2 Å². The van der Waals surface area contributed by atoms with E-state index in [0.29, 0.717) is 25.2 Å². The van der Waals surface area contributed by atoms with Crippen LogP contribution in [0, 0.1) is 0 Å². The first kappa shape index (κ1) is 24.7. The lowest BCUT2D eigenvalue weighted by Gasteiger charge is -2.37. The number of aromatic nitrogens is 2. The molecule has 1 aliphatic rings. The van der Waals surface area contributed by atoms with E-state index in [9.17, 15) is 19.8 Å². The van der Waals surface area contributed by atoms with E-state index in [0.717, 1.165) is 48.2 Å². The van der Waals surface area contributed by atoms with Crippen molar-refractivity contribution in [2.75, 3.05) is 32.7 Å². The molecule has 1 aliphatic heterocycles. The average Bonchev–Trinajstić information content (AvgIpc) is 3.26. The van der Waals surface area contributed by atoms with Crippen molar-refractivity contribution in [3.8, 4) is 0 Å². The second-order valence-corrected chi connectivity index (χ2v) is 9.42. The van der Waals surface area contributed by atoms with Crippen molar-refractivity contribution in [2.45, 2.75) is 19.0 Å². The van der Waals surface area contributed by atoms with Crippen LogP contribution in [0.5, 0.6) is 0 Å². The van der Waals surface area contributed by atoms with Crippen molar-refractivity contribution < 1.29 is 19.8 Å².